The quantitative estimate of drug-likeness (QED) is 0.512. The van der Waals surface area contributed by atoms with Gasteiger partial charge in [0.2, 0.25) is 0 Å². The summed E-state index contributed by atoms with van der Waals surface area (Å²) in [7, 11) is 1.43. The molecule has 0 radical (unpaired) electrons. The molecule has 0 aromatic rings. The molecule has 0 amide bonds. The Balaban J connectivity index is 2.42. The lowest BCUT2D eigenvalue weighted by molar-refractivity contribution is -0.145. The van der Waals surface area contributed by atoms with Crippen LogP contribution in [0, 0.1) is 5.92 Å². The largest absolute Gasteiger partial charge is 0.468 e. The molecule has 1 unspecified atom stereocenters. The molecule has 0 bridgehead atoms. The first-order valence-corrected chi connectivity index (χ1v) is 4.71. The molecule has 0 aromatic heterocycles. The molecule has 74 valence electrons. The fourth-order valence-corrected chi connectivity index (χ4v) is 1.55. The number of hydrogen-bond acceptors (Lipinski definition) is 3. The van der Waals surface area contributed by atoms with Crippen LogP contribution in [0.25, 0.3) is 0 Å². The fourth-order valence-electron chi connectivity index (χ4n) is 1.55. The molecule has 0 heterocycles. The van der Waals surface area contributed by atoms with Gasteiger partial charge in [0, 0.05) is 6.54 Å². The maximum Gasteiger partial charge on any atom is 0.323 e. The van der Waals surface area contributed by atoms with E-state index in [-0.39, 0.29) is 12.0 Å². The summed E-state index contributed by atoms with van der Waals surface area (Å²) in [5.41, 5.74) is 0. The first-order valence-electron chi connectivity index (χ1n) is 4.71. The summed E-state index contributed by atoms with van der Waals surface area (Å²) >= 11 is 0. The Morgan fingerprint density at radius 2 is 2.46 bits per heavy atom. The molecule has 1 N–H and O–H groups in total. The highest BCUT2D eigenvalue weighted by Crippen LogP contribution is 2.29. The maximum absolute atomic E-state index is 11.3. The van der Waals surface area contributed by atoms with Gasteiger partial charge in [0.15, 0.2) is 0 Å². The van der Waals surface area contributed by atoms with Crippen LogP contribution in [-0.4, -0.2) is 25.7 Å². The van der Waals surface area contributed by atoms with E-state index in [9.17, 15) is 4.79 Å². The summed E-state index contributed by atoms with van der Waals surface area (Å²) in [5, 5.41) is 3.13. The van der Waals surface area contributed by atoms with Crippen molar-refractivity contribution in [3.8, 4) is 0 Å². The number of esters is 1. The number of ether oxygens (including phenoxy) is 1. The monoisotopic (exact) mass is 183 g/mol. The van der Waals surface area contributed by atoms with Crippen LogP contribution in [0.2, 0.25) is 0 Å². The van der Waals surface area contributed by atoms with Crippen molar-refractivity contribution in [3.05, 3.63) is 12.7 Å². The van der Waals surface area contributed by atoms with Gasteiger partial charge >= 0.3 is 5.97 Å². The molecule has 1 fully saturated rings. The van der Waals surface area contributed by atoms with Gasteiger partial charge in [0.25, 0.3) is 0 Å². The molecule has 3 heteroatoms. The topological polar surface area (TPSA) is 38.3 Å². The summed E-state index contributed by atoms with van der Waals surface area (Å²) in [6, 6.07) is -0.128. The van der Waals surface area contributed by atoms with Crippen molar-refractivity contribution in [2.75, 3.05) is 13.7 Å². The van der Waals surface area contributed by atoms with E-state index in [0.717, 1.165) is 12.8 Å². The standard InChI is InChI=1S/C10H17NO2/c1-3-7-11-9(10(12)13-2)8-5-4-6-8/h3,8-9,11H,1,4-7H2,2H3. The third-order valence-electron chi connectivity index (χ3n) is 2.56. The first-order chi connectivity index (χ1) is 6.29. The van der Waals surface area contributed by atoms with Gasteiger partial charge in [-0.1, -0.05) is 12.5 Å². The van der Waals surface area contributed by atoms with E-state index in [0.29, 0.717) is 12.5 Å². The summed E-state index contributed by atoms with van der Waals surface area (Å²) in [4.78, 5) is 11.3. The van der Waals surface area contributed by atoms with Gasteiger partial charge in [0.1, 0.15) is 6.04 Å². The fraction of sp³-hybridized carbons (Fsp3) is 0.700. The van der Waals surface area contributed by atoms with Crippen molar-refractivity contribution in [2.24, 2.45) is 5.92 Å². The van der Waals surface area contributed by atoms with Gasteiger partial charge in [-0.15, -0.1) is 6.58 Å². The van der Waals surface area contributed by atoms with Crippen LogP contribution in [-0.2, 0) is 9.53 Å². The minimum atomic E-state index is -0.147. The van der Waals surface area contributed by atoms with Gasteiger partial charge in [-0.3, -0.25) is 4.79 Å². The van der Waals surface area contributed by atoms with Gasteiger partial charge < -0.3 is 10.1 Å². The molecule has 13 heavy (non-hydrogen) atoms. The van der Waals surface area contributed by atoms with E-state index >= 15 is 0 Å². The average molecular weight is 183 g/mol. The van der Waals surface area contributed by atoms with E-state index in [2.05, 4.69) is 11.9 Å². The van der Waals surface area contributed by atoms with Crippen molar-refractivity contribution in [1.82, 2.24) is 5.32 Å². The highest BCUT2D eigenvalue weighted by molar-refractivity contribution is 5.76. The van der Waals surface area contributed by atoms with Crippen LogP contribution >= 0.6 is 0 Å². The Morgan fingerprint density at radius 3 is 2.85 bits per heavy atom. The molecule has 1 saturated carbocycles. The highest BCUT2D eigenvalue weighted by atomic mass is 16.5. The lowest BCUT2D eigenvalue weighted by Gasteiger charge is -2.32. The smallest absolute Gasteiger partial charge is 0.323 e. The minimum Gasteiger partial charge on any atom is -0.468 e. The number of nitrogens with one attached hydrogen (secondary N) is 1. The first kappa shape index (κ1) is 10.3. The summed E-state index contributed by atoms with van der Waals surface area (Å²) < 4.78 is 4.73. The van der Waals surface area contributed by atoms with Crippen molar-refractivity contribution < 1.29 is 9.53 Å². The molecule has 1 rings (SSSR count). The van der Waals surface area contributed by atoms with Gasteiger partial charge in [-0.05, 0) is 18.8 Å². The van der Waals surface area contributed by atoms with E-state index in [4.69, 9.17) is 4.74 Å². The molecule has 0 aromatic carbocycles. The minimum absolute atomic E-state index is 0.128. The Kier molecular flexibility index (Phi) is 3.96. The molecule has 1 aliphatic carbocycles. The molecule has 1 atom stereocenters. The van der Waals surface area contributed by atoms with Gasteiger partial charge in [-0.2, -0.15) is 0 Å². The third kappa shape index (κ3) is 2.56. The summed E-state index contributed by atoms with van der Waals surface area (Å²) in [5.74, 6) is 0.318. The van der Waals surface area contributed by atoms with E-state index < -0.39 is 0 Å². The molecule has 1 aliphatic rings. The van der Waals surface area contributed by atoms with E-state index in [1.54, 1.807) is 6.08 Å². The number of hydrogen-bond donors (Lipinski definition) is 1. The van der Waals surface area contributed by atoms with Crippen LogP contribution in [0.5, 0.6) is 0 Å². The van der Waals surface area contributed by atoms with E-state index in [1.165, 1.54) is 13.5 Å². The Bertz CT molecular complexity index is 187. The summed E-state index contributed by atoms with van der Waals surface area (Å²) in [6.45, 7) is 4.27. The molecule has 0 spiro atoms. The number of carbonyl (C=O) groups is 1. The Hall–Kier alpha value is -0.830. The third-order valence-corrected chi connectivity index (χ3v) is 2.56. The second-order valence-corrected chi connectivity index (χ2v) is 3.39. The highest BCUT2D eigenvalue weighted by Gasteiger charge is 2.32. The van der Waals surface area contributed by atoms with E-state index in [1.807, 2.05) is 0 Å². The second-order valence-electron chi connectivity index (χ2n) is 3.39. The zero-order chi connectivity index (χ0) is 9.68. The Morgan fingerprint density at radius 1 is 1.77 bits per heavy atom. The number of rotatable bonds is 5. The maximum atomic E-state index is 11.3. The molecular formula is C10H17NO2. The van der Waals surface area contributed by atoms with Crippen LogP contribution in [0.4, 0.5) is 0 Å². The summed E-state index contributed by atoms with van der Waals surface area (Å²) in [6.07, 6.45) is 5.25. The number of carbonyl (C=O) groups excluding carboxylic acids is 1. The van der Waals surface area contributed by atoms with Crippen molar-refractivity contribution in [1.29, 1.82) is 0 Å². The van der Waals surface area contributed by atoms with Crippen LogP contribution in [0.1, 0.15) is 19.3 Å². The lowest BCUT2D eigenvalue weighted by Crippen LogP contribution is -2.46. The molecule has 0 aliphatic heterocycles. The van der Waals surface area contributed by atoms with Crippen molar-refractivity contribution in [3.63, 3.8) is 0 Å². The van der Waals surface area contributed by atoms with Crippen LogP contribution in [0.3, 0.4) is 0 Å². The SMILES string of the molecule is C=CCNC(C(=O)OC)C1CCC1. The average Bonchev–Trinajstić information content (AvgIpc) is 2.07. The van der Waals surface area contributed by atoms with Crippen LogP contribution < -0.4 is 5.32 Å². The number of methoxy groups -OCH3 is 1. The predicted molar refractivity (Wildman–Crippen MR) is 51.3 cm³/mol. The van der Waals surface area contributed by atoms with Gasteiger partial charge in [0.05, 0.1) is 7.11 Å². The molecule has 3 nitrogen and oxygen atoms in total. The van der Waals surface area contributed by atoms with Crippen LogP contribution in [0.15, 0.2) is 12.7 Å². The van der Waals surface area contributed by atoms with Gasteiger partial charge in [-0.25, -0.2) is 0 Å². The zero-order valence-corrected chi connectivity index (χ0v) is 8.08. The normalized spacial score (nSPS) is 18.8. The molecule has 0 saturated heterocycles. The second kappa shape index (κ2) is 5.02. The lowest BCUT2D eigenvalue weighted by atomic mass is 9.79. The molecular weight excluding hydrogens is 166 g/mol. The van der Waals surface area contributed by atoms with Crippen molar-refractivity contribution in [2.45, 2.75) is 25.3 Å². The zero-order valence-electron chi connectivity index (χ0n) is 8.08. The predicted octanol–water partition coefficient (Wildman–Crippen LogP) is 1.10. The van der Waals surface area contributed by atoms with Crippen molar-refractivity contribution >= 4 is 5.97 Å². The Labute approximate surface area is 79.2 Å².